The molecule has 0 aliphatic carbocycles. The van der Waals surface area contributed by atoms with Crippen molar-refractivity contribution in [1.82, 2.24) is 9.88 Å². The molecule has 30 heavy (non-hydrogen) atoms. The number of amides is 2. The molecule has 0 radical (unpaired) electrons. The molecule has 5 nitrogen and oxygen atoms in total. The Morgan fingerprint density at radius 3 is 2.50 bits per heavy atom. The van der Waals surface area contributed by atoms with Crippen LogP contribution in [-0.2, 0) is 16.0 Å². The molecule has 7 heteroatoms. The van der Waals surface area contributed by atoms with Gasteiger partial charge in [-0.2, -0.15) is 0 Å². The first-order valence-electron chi connectivity index (χ1n) is 9.93. The van der Waals surface area contributed by atoms with Gasteiger partial charge in [-0.15, -0.1) is 11.3 Å². The fourth-order valence-electron chi connectivity index (χ4n) is 3.57. The van der Waals surface area contributed by atoms with Gasteiger partial charge < -0.3 is 10.2 Å². The van der Waals surface area contributed by atoms with Crippen LogP contribution in [0.3, 0.4) is 0 Å². The van der Waals surface area contributed by atoms with Gasteiger partial charge in [0.2, 0.25) is 11.8 Å². The van der Waals surface area contributed by atoms with Crippen molar-refractivity contribution >= 4 is 40.4 Å². The minimum Gasteiger partial charge on any atom is -0.342 e. The number of aromatic nitrogens is 1. The molecule has 0 bridgehead atoms. The summed E-state index contributed by atoms with van der Waals surface area (Å²) in [6.07, 6.45) is 1.61. The van der Waals surface area contributed by atoms with Gasteiger partial charge in [0.05, 0.1) is 17.1 Å². The lowest BCUT2D eigenvalue weighted by Crippen LogP contribution is -2.42. The van der Waals surface area contributed by atoms with Gasteiger partial charge in [-0.3, -0.25) is 9.59 Å². The second-order valence-electron chi connectivity index (χ2n) is 7.31. The van der Waals surface area contributed by atoms with Crippen LogP contribution < -0.4 is 5.32 Å². The second-order valence-corrected chi connectivity index (χ2v) is 8.58. The summed E-state index contributed by atoms with van der Waals surface area (Å²) >= 11 is 7.74. The highest BCUT2D eigenvalue weighted by molar-refractivity contribution is 7.13. The zero-order valence-electron chi connectivity index (χ0n) is 16.4. The number of carbonyl (C=O) groups excluding carboxylic acids is 2. The van der Waals surface area contributed by atoms with Crippen LogP contribution in [0.1, 0.15) is 18.5 Å². The van der Waals surface area contributed by atoms with Gasteiger partial charge >= 0.3 is 0 Å². The number of nitrogens with zero attached hydrogens (tertiary/aromatic N) is 2. The highest BCUT2D eigenvalue weighted by Crippen LogP contribution is 2.30. The molecule has 2 aromatic carbocycles. The molecule has 0 spiro atoms. The minimum atomic E-state index is -0.0691. The Hall–Kier alpha value is -2.70. The number of hydrogen-bond donors (Lipinski definition) is 1. The van der Waals surface area contributed by atoms with Crippen molar-refractivity contribution < 1.29 is 9.59 Å². The smallest absolute Gasteiger partial charge is 0.228 e. The third-order valence-electron chi connectivity index (χ3n) is 5.25. The number of hydrogen-bond acceptors (Lipinski definition) is 4. The Bertz CT molecular complexity index is 1030. The molecular formula is C23H22ClN3O2S. The Morgan fingerprint density at radius 2 is 1.77 bits per heavy atom. The van der Waals surface area contributed by atoms with Crippen LogP contribution >= 0.6 is 22.9 Å². The Morgan fingerprint density at radius 1 is 1.07 bits per heavy atom. The van der Waals surface area contributed by atoms with Gasteiger partial charge in [0.1, 0.15) is 5.01 Å². The van der Waals surface area contributed by atoms with Gasteiger partial charge in [0.25, 0.3) is 0 Å². The summed E-state index contributed by atoms with van der Waals surface area (Å²) in [5.41, 5.74) is 2.44. The number of rotatable bonds is 5. The van der Waals surface area contributed by atoms with Crippen LogP contribution in [0.2, 0.25) is 5.02 Å². The molecule has 2 amide bonds. The van der Waals surface area contributed by atoms with Crippen molar-refractivity contribution in [2.45, 2.75) is 19.3 Å². The van der Waals surface area contributed by atoms with E-state index in [0.717, 1.165) is 22.0 Å². The number of para-hydroxylation sites is 1. The first kappa shape index (κ1) is 20.6. The number of halogens is 1. The number of carbonyl (C=O) groups is 2. The maximum absolute atomic E-state index is 12.7. The lowest BCUT2D eigenvalue weighted by molar-refractivity contribution is -0.133. The number of piperidine rings is 1. The van der Waals surface area contributed by atoms with E-state index in [-0.39, 0.29) is 24.2 Å². The largest absolute Gasteiger partial charge is 0.342 e. The molecule has 0 unspecified atom stereocenters. The van der Waals surface area contributed by atoms with Gasteiger partial charge in [-0.25, -0.2) is 4.98 Å². The van der Waals surface area contributed by atoms with E-state index in [1.807, 2.05) is 64.9 Å². The third kappa shape index (κ3) is 4.89. The molecule has 3 aromatic rings. The van der Waals surface area contributed by atoms with Crippen molar-refractivity contribution in [3.63, 3.8) is 0 Å². The predicted molar refractivity (Wildman–Crippen MR) is 121 cm³/mol. The first-order chi connectivity index (χ1) is 14.6. The summed E-state index contributed by atoms with van der Waals surface area (Å²) < 4.78 is 0. The molecular weight excluding hydrogens is 418 g/mol. The van der Waals surface area contributed by atoms with Gasteiger partial charge in [0, 0.05) is 35.6 Å². The summed E-state index contributed by atoms with van der Waals surface area (Å²) in [6.45, 7) is 1.18. The third-order valence-corrected chi connectivity index (χ3v) is 6.50. The zero-order chi connectivity index (χ0) is 20.9. The van der Waals surface area contributed by atoms with E-state index in [1.165, 1.54) is 11.3 Å². The van der Waals surface area contributed by atoms with Crippen LogP contribution in [0.15, 0.2) is 60.0 Å². The van der Waals surface area contributed by atoms with Crippen LogP contribution in [0.4, 0.5) is 5.69 Å². The van der Waals surface area contributed by atoms with E-state index in [2.05, 4.69) is 10.3 Å². The Balaban J connectivity index is 1.30. The van der Waals surface area contributed by atoms with E-state index in [0.29, 0.717) is 31.0 Å². The fraction of sp³-hybridized carbons (Fsp3) is 0.261. The molecule has 1 aliphatic rings. The molecule has 0 saturated carbocycles. The molecule has 1 aromatic heterocycles. The zero-order valence-corrected chi connectivity index (χ0v) is 18.0. The van der Waals surface area contributed by atoms with Crippen molar-refractivity contribution in [3.05, 3.63) is 70.7 Å². The normalized spacial score (nSPS) is 14.5. The average molecular weight is 440 g/mol. The van der Waals surface area contributed by atoms with Crippen molar-refractivity contribution in [2.24, 2.45) is 5.92 Å². The molecule has 0 atom stereocenters. The first-order valence-corrected chi connectivity index (χ1v) is 11.2. The van der Waals surface area contributed by atoms with E-state index in [1.54, 1.807) is 0 Å². The van der Waals surface area contributed by atoms with Crippen LogP contribution in [-0.4, -0.2) is 34.8 Å². The van der Waals surface area contributed by atoms with E-state index >= 15 is 0 Å². The average Bonchev–Trinajstić information content (AvgIpc) is 3.23. The van der Waals surface area contributed by atoms with Gasteiger partial charge in [-0.1, -0.05) is 48.0 Å². The fourth-order valence-corrected chi connectivity index (χ4v) is 4.71. The van der Waals surface area contributed by atoms with Gasteiger partial charge in [-0.05, 0) is 31.0 Å². The molecule has 1 aliphatic heterocycles. The number of thiazole rings is 1. The minimum absolute atomic E-state index is 0.0252. The Kier molecular flexibility index (Phi) is 6.45. The number of nitrogens with one attached hydrogen (secondary N) is 1. The topological polar surface area (TPSA) is 62.3 Å². The summed E-state index contributed by atoms with van der Waals surface area (Å²) in [6, 6.07) is 17.0. The van der Waals surface area contributed by atoms with Crippen molar-refractivity contribution in [2.75, 3.05) is 18.4 Å². The highest BCUT2D eigenvalue weighted by atomic mass is 35.5. The molecule has 1 N–H and O–H groups in total. The molecule has 1 saturated heterocycles. The van der Waals surface area contributed by atoms with Crippen molar-refractivity contribution in [1.29, 1.82) is 0 Å². The maximum atomic E-state index is 12.7. The van der Waals surface area contributed by atoms with E-state index < -0.39 is 0 Å². The monoisotopic (exact) mass is 439 g/mol. The summed E-state index contributed by atoms with van der Waals surface area (Å²) in [5.74, 6) is 0.00506. The summed E-state index contributed by atoms with van der Waals surface area (Å²) in [7, 11) is 0. The summed E-state index contributed by atoms with van der Waals surface area (Å²) in [5, 5.41) is 6.34. The number of likely N-dealkylation sites (tertiary alicyclic amines) is 1. The summed E-state index contributed by atoms with van der Waals surface area (Å²) in [4.78, 5) is 31.6. The van der Waals surface area contributed by atoms with E-state index in [4.69, 9.17) is 11.6 Å². The number of anilines is 1. The predicted octanol–water partition coefficient (Wildman–Crippen LogP) is 4.88. The molecule has 4 rings (SSSR count). The van der Waals surface area contributed by atoms with Crippen LogP contribution in [0.25, 0.3) is 10.6 Å². The lowest BCUT2D eigenvalue weighted by atomic mass is 9.95. The molecule has 154 valence electrons. The standard InChI is InChI=1S/C23H22ClN3O2S/c24-20-9-5-4-8-19(20)23-26-18(15-30-23)14-21(28)27-12-10-16(11-13-27)22(29)25-17-6-2-1-3-7-17/h1-9,15-16H,10-14H2,(H,25,29). The quantitative estimate of drug-likeness (QED) is 0.616. The van der Waals surface area contributed by atoms with Crippen LogP contribution in [0, 0.1) is 5.92 Å². The Labute approximate surface area is 184 Å². The second kappa shape index (κ2) is 9.41. The molecule has 2 heterocycles. The SMILES string of the molecule is O=C(Nc1ccccc1)C1CCN(C(=O)Cc2csc(-c3ccccc3Cl)n2)CC1. The lowest BCUT2D eigenvalue weighted by Gasteiger charge is -2.31. The highest BCUT2D eigenvalue weighted by Gasteiger charge is 2.27. The van der Waals surface area contributed by atoms with E-state index in [9.17, 15) is 9.59 Å². The van der Waals surface area contributed by atoms with Crippen LogP contribution in [0.5, 0.6) is 0 Å². The van der Waals surface area contributed by atoms with Gasteiger partial charge in [0.15, 0.2) is 0 Å². The molecule has 1 fully saturated rings. The van der Waals surface area contributed by atoms with Crippen molar-refractivity contribution in [3.8, 4) is 10.6 Å². The number of benzene rings is 2. The maximum Gasteiger partial charge on any atom is 0.228 e.